The summed E-state index contributed by atoms with van der Waals surface area (Å²) in [5.41, 5.74) is -1.45. The van der Waals surface area contributed by atoms with E-state index in [1.54, 1.807) is 22.0 Å². The average Bonchev–Trinajstić information content (AvgIpc) is 3.46. The van der Waals surface area contributed by atoms with Crippen molar-refractivity contribution in [3.05, 3.63) is 49.6 Å². The number of rotatable bonds is 14. The molecule has 0 aliphatic carbocycles. The maximum atomic E-state index is 14.5. The number of hydrogen-bond acceptors (Lipinski definition) is 6. The molecule has 0 saturated carbocycles. The molecule has 3 aliphatic rings. The number of ether oxygens (including phenoxy) is 2. The standard InChI is InChI=1S/C32H45N3O6/c1-7-11-18-33(16-8-2)30(39)27-32-21-22(5)31(6,41-32)25(26(32)29(38)35(27)19-20-36)28(37)34(17-9-3)23-12-14-24(15-13-23)40-10-4/h8-9,12-15,22,25-27,36H,2-3,7,10-11,16-21H2,1,4-6H3/t22?,25-,26+,27?,31+,32?/m1/s1. The van der Waals surface area contributed by atoms with Crippen molar-refractivity contribution in [1.82, 2.24) is 9.80 Å². The van der Waals surface area contributed by atoms with Crippen LogP contribution in [0.15, 0.2) is 49.6 Å². The number of carbonyl (C=O) groups excluding carboxylic acids is 3. The number of likely N-dealkylation sites (tertiary alicyclic amines) is 1. The molecule has 0 radical (unpaired) electrons. The Morgan fingerprint density at radius 3 is 2.44 bits per heavy atom. The minimum atomic E-state index is -1.16. The van der Waals surface area contributed by atoms with Gasteiger partial charge in [0.25, 0.3) is 0 Å². The van der Waals surface area contributed by atoms with Crippen LogP contribution in [0.25, 0.3) is 0 Å². The van der Waals surface area contributed by atoms with Crippen LogP contribution >= 0.6 is 0 Å². The van der Waals surface area contributed by atoms with Crippen molar-refractivity contribution in [3.8, 4) is 5.75 Å². The molecule has 3 amide bonds. The van der Waals surface area contributed by atoms with Gasteiger partial charge in [0.15, 0.2) is 0 Å². The minimum Gasteiger partial charge on any atom is -0.494 e. The zero-order valence-electron chi connectivity index (χ0n) is 24.9. The normalized spacial score (nSPS) is 29.8. The number of β-amino-alcohol motifs (C(OH)–C–C–N with tert-alkyl or cyclic N) is 1. The summed E-state index contributed by atoms with van der Waals surface area (Å²) in [6.45, 7) is 16.9. The molecular weight excluding hydrogens is 522 g/mol. The van der Waals surface area contributed by atoms with Gasteiger partial charge in [-0.15, -0.1) is 13.2 Å². The van der Waals surface area contributed by atoms with Crippen LogP contribution in [0.4, 0.5) is 5.69 Å². The second kappa shape index (κ2) is 12.4. The maximum Gasteiger partial charge on any atom is 0.248 e. The number of fused-ring (bicyclic) bond motifs is 1. The highest BCUT2D eigenvalue weighted by atomic mass is 16.5. The molecule has 1 N–H and O–H groups in total. The fourth-order valence-corrected chi connectivity index (χ4v) is 7.22. The molecule has 9 nitrogen and oxygen atoms in total. The van der Waals surface area contributed by atoms with Gasteiger partial charge in [0.2, 0.25) is 17.7 Å². The highest BCUT2D eigenvalue weighted by molar-refractivity contribution is 6.03. The van der Waals surface area contributed by atoms with Crippen LogP contribution in [0.2, 0.25) is 0 Å². The molecule has 1 aromatic carbocycles. The number of aliphatic hydroxyl groups excluding tert-OH is 1. The first-order chi connectivity index (χ1) is 19.6. The Hall–Kier alpha value is -3.17. The van der Waals surface area contributed by atoms with Gasteiger partial charge in [0, 0.05) is 31.9 Å². The Labute approximate surface area is 243 Å². The largest absolute Gasteiger partial charge is 0.494 e. The number of nitrogens with zero attached hydrogens (tertiary/aromatic N) is 3. The Balaban J connectivity index is 1.77. The smallest absolute Gasteiger partial charge is 0.248 e. The topological polar surface area (TPSA) is 99.6 Å². The Kier molecular flexibility index (Phi) is 9.29. The summed E-state index contributed by atoms with van der Waals surface area (Å²) in [4.78, 5) is 47.8. The molecule has 41 heavy (non-hydrogen) atoms. The third-order valence-electron chi connectivity index (χ3n) is 9.14. The predicted octanol–water partition coefficient (Wildman–Crippen LogP) is 3.42. The van der Waals surface area contributed by atoms with Crippen LogP contribution in [0.3, 0.4) is 0 Å². The van der Waals surface area contributed by atoms with Crippen LogP contribution < -0.4 is 9.64 Å². The van der Waals surface area contributed by atoms with Gasteiger partial charge >= 0.3 is 0 Å². The molecule has 0 aromatic heterocycles. The lowest BCUT2D eigenvalue weighted by Gasteiger charge is -2.39. The Bertz CT molecular complexity index is 1150. The number of amides is 3. The first-order valence-corrected chi connectivity index (χ1v) is 14.8. The highest BCUT2D eigenvalue weighted by Crippen LogP contribution is 2.65. The van der Waals surface area contributed by atoms with E-state index in [0.717, 1.165) is 12.8 Å². The zero-order valence-corrected chi connectivity index (χ0v) is 24.9. The van der Waals surface area contributed by atoms with Gasteiger partial charge in [-0.25, -0.2) is 0 Å². The molecule has 6 atom stereocenters. The SMILES string of the molecule is C=CCN(CCCC)C(=O)C1N(CCO)C(=O)[C@@H]2[C@H](C(=O)N(CC=C)c3ccc(OCC)cc3)[C@@]3(C)OC12CC3C. The monoisotopic (exact) mass is 567 g/mol. The van der Waals surface area contributed by atoms with Crippen molar-refractivity contribution in [2.24, 2.45) is 17.8 Å². The molecule has 3 saturated heterocycles. The number of benzene rings is 1. The average molecular weight is 568 g/mol. The van der Waals surface area contributed by atoms with Crippen LogP contribution in [-0.4, -0.2) is 89.3 Å². The summed E-state index contributed by atoms with van der Waals surface area (Å²) in [5, 5.41) is 9.93. The van der Waals surface area contributed by atoms with Gasteiger partial charge in [0.05, 0.1) is 30.7 Å². The predicted molar refractivity (Wildman–Crippen MR) is 157 cm³/mol. The van der Waals surface area contributed by atoms with E-state index in [9.17, 15) is 19.5 Å². The number of anilines is 1. The van der Waals surface area contributed by atoms with E-state index in [1.165, 1.54) is 4.90 Å². The van der Waals surface area contributed by atoms with Gasteiger partial charge in [-0.05, 0) is 56.9 Å². The number of carbonyl (C=O) groups is 3. The molecule has 3 fully saturated rings. The number of aliphatic hydroxyl groups is 1. The fourth-order valence-electron chi connectivity index (χ4n) is 7.22. The van der Waals surface area contributed by atoms with Gasteiger partial charge in [-0.2, -0.15) is 0 Å². The second-order valence-electron chi connectivity index (χ2n) is 11.6. The molecular formula is C32H45N3O6. The molecule has 2 bridgehead atoms. The third-order valence-corrected chi connectivity index (χ3v) is 9.14. The summed E-state index contributed by atoms with van der Waals surface area (Å²) < 4.78 is 12.4. The minimum absolute atomic E-state index is 0.00613. The summed E-state index contributed by atoms with van der Waals surface area (Å²) in [6.07, 6.45) is 5.54. The lowest BCUT2D eigenvalue weighted by molar-refractivity contribution is -0.152. The summed E-state index contributed by atoms with van der Waals surface area (Å²) in [6, 6.07) is 6.35. The van der Waals surface area contributed by atoms with Crippen molar-refractivity contribution in [2.45, 2.75) is 64.2 Å². The van der Waals surface area contributed by atoms with E-state index in [-0.39, 0.29) is 43.3 Å². The van der Waals surface area contributed by atoms with Gasteiger partial charge in [-0.3, -0.25) is 14.4 Å². The quantitative estimate of drug-likeness (QED) is 0.346. The van der Waals surface area contributed by atoms with Crippen LogP contribution in [0, 0.1) is 17.8 Å². The summed E-state index contributed by atoms with van der Waals surface area (Å²) in [5.74, 6) is -1.82. The molecule has 3 unspecified atom stereocenters. The molecule has 1 aromatic rings. The second-order valence-corrected chi connectivity index (χ2v) is 11.6. The van der Waals surface area contributed by atoms with E-state index in [1.807, 2.05) is 45.0 Å². The Morgan fingerprint density at radius 1 is 1.17 bits per heavy atom. The van der Waals surface area contributed by atoms with Gasteiger partial charge in [-0.1, -0.05) is 32.4 Å². The summed E-state index contributed by atoms with van der Waals surface area (Å²) in [7, 11) is 0. The molecule has 3 aliphatic heterocycles. The van der Waals surface area contributed by atoms with Gasteiger partial charge in [0.1, 0.15) is 17.4 Å². The molecule has 224 valence electrons. The lowest BCUT2D eigenvalue weighted by Crippen LogP contribution is -2.57. The first kappa shape index (κ1) is 30.8. The van der Waals surface area contributed by atoms with E-state index < -0.39 is 29.1 Å². The van der Waals surface area contributed by atoms with Crippen LogP contribution in [0.5, 0.6) is 5.75 Å². The number of hydrogen-bond donors (Lipinski definition) is 1. The van der Waals surface area contributed by atoms with Crippen molar-refractivity contribution in [2.75, 3.05) is 44.3 Å². The first-order valence-electron chi connectivity index (χ1n) is 14.8. The molecule has 1 spiro atoms. The van der Waals surface area contributed by atoms with Crippen LogP contribution in [-0.2, 0) is 19.1 Å². The molecule has 3 heterocycles. The number of unbranched alkanes of at least 4 members (excludes halogenated alkanes) is 1. The van der Waals surface area contributed by atoms with Crippen LogP contribution in [0.1, 0.15) is 47.0 Å². The maximum absolute atomic E-state index is 14.5. The Morgan fingerprint density at radius 2 is 1.85 bits per heavy atom. The van der Waals surface area contributed by atoms with E-state index in [2.05, 4.69) is 20.1 Å². The van der Waals surface area contributed by atoms with Crippen molar-refractivity contribution in [1.29, 1.82) is 0 Å². The lowest BCUT2D eigenvalue weighted by atomic mass is 9.62. The van der Waals surface area contributed by atoms with E-state index >= 15 is 0 Å². The van der Waals surface area contributed by atoms with E-state index in [0.29, 0.717) is 37.6 Å². The summed E-state index contributed by atoms with van der Waals surface area (Å²) >= 11 is 0. The van der Waals surface area contributed by atoms with Crippen molar-refractivity contribution < 1.29 is 29.0 Å². The van der Waals surface area contributed by atoms with Crippen molar-refractivity contribution >= 4 is 23.4 Å². The van der Waals surface area contributed by atoms with Crippen molar-refractivity contribution in [3.63, 3.8) is 0 Å². The molecule has 9 heteroatoms. The fraction of sp³-hybridized carbons (Fsp3) is 0.594. The molecule has 4 rings (SSSR count). The highest BCUT2D eigenvalue weighted by Gasteiger charge is 2.80. The zero-order chi connectivity index (χ0) is 29.9. The van der Waals surface area contributed by atoms with Gasteiger partial charge < -0.3 is 29.3 Å². The van der Waals surface area contributed by atoms with E-state index in [4.69, 9.17) is 9.47 Å². The third kappa shape index (κ3) is 5.07.